The zero-order valence-corrected chi connectivity index (χ0v) is 17.5. The first-order chi connectivity index (χ1) is 14.0. The van der Waals surface area contributed by atoms with Crippen molar-refractivity contribution in [2.24, 2.45) is 0 Å². The normalized spacial score (nSPS) is 10.6. The molecule has 3 aromatic rings. The number of esters is 1. The van der Waals surface area contributed by atoms with E-state index in [1.807, 2.05) is 62.4 Å². The molecule has 7 heteroatoms. The van der Waals surface area contributed by atoms with Gasteiger partial charge < -0.3 is 14.6 Å². The third kappa shape index (κ3) is 5.48. The summed E-state index contributed by atoms with van der Waals surface area (Å²) in [5.74, 6) is -0.329. The lowest BCUT2D eigenvalue weighted by molar-refractivity contribution is -0.141. The smallest absolute Gasteiger partial charge is 0.325 e. The number of thioether (sulfide) groups is 1. The van der Waals surface area contributed by atoms with Crippen molar-refractivity contribution >= 4 is 29.3 Å². The molecule has 0 bridgehead atoms. The van der Waals surface area contributed by atoms with Crippen LogP contribution in [-0.2, 0) is 20.9 Å². The summed E-state index contributed by atoms with van der Waals surface area (Å²) in [5.41, 5.74) is 4.78. The minimum Gasteiger partial charge on any atom is -0.468 e. The average Bonchev–Trinajstić information content (AvgIpc) is 3.11. The molecule has 0 saturated carbocycles. The maximum Gasteiger partial charge on any atom is 0.325 e. The zero-order chi connectivity index (χ0) is 20.8. The third-order valence-electron chi connectivity index (χ3n) is 4.35. The van der Waals surface area contributed by atoms with Gasteiger partial charge in [-0.1, -0.05) is 59.3 Å². The molecular formula is C22H23N3O3S. The number of imidazole rings is 1. The number of hydrogen-bond acceptors (Lipinski definition) is 5. The van der Waals surface area contributed by atoms with E-state index in [1.54, 1.807) is 10.8 Å². The largest absolute Gasteiger partial charge is 0.468 e. The fraction of sp³-hybridized carbons (Fsp3) is 0.227. The molecule has 1 aromatic heterocycles. The van der Waals surface area contributed by atoms with Gasteiger partial charge in [0.15, 0.2) is 5.16 Å². The van der Waals surface area contributed by atoms with Gasteiger partial charge in [0, 0.05) is 5.69 Å². The second-order valence-corrected chi connectivity index (χ2v) is 7.60. The summed E-state index contributed by atoms with van der Waals surface area (Å²) in [5, 5.41) is 3.46. The number of benzene rings is 2. The van der Waals surface area contributed by atoms with Crippen LogP contribution >= 0.6 is 11.8 Å². The highest BCUT2D eigenvalue weighted by Gasteiger charge is 2.17. The number of ether oxygens (including phenoxy) is 1. The predicted octanol–water partition coefficient (Wildman–Crippen LogP) is 4.07. The fourth-order valence-electron chi connectivity index (χ4n) is 2.74. The molecule has 0 atom stereocenters. The van der Waals surface area contributed by atoms with E-state index < -0.39 is 0 Å². The molecule has 0 aliphatic rings. The van der Waals surface area contributed by atoms with Crippen LogP contribution in [0.3, 0.4) is 0 Å². The van der Waals surface area contributed by atoms with E-state index in [9.17, 15) is 9.59 Å². The first kappa shape index (κ1) is 20.7. The summed E-state index contributed by atoms with van der Waals surface area (Å²) in [6.07, 6.45) is 1.72. The van der Waals surface area contributed by atoms with Gasteiger partial charge in [0.25, 0.3) is 0 Å². The summed E-state index contributed by atoms with van der Waals surface area (Å²) in [4.78, 5) is 28.7. The summed E-state index contributed by atoms with van der Waals surface area (Å²) in [7, 11) is 1.35. The molecule has 0 aliphatic heterocycles. The maximum absolute atomic E-state index is 12.3. The van der Waals surface area contributed by atoms with Crippen LogP contribution in [0.25, 0.3) is 11.3 Å². The molecule has 6 nitrogen and oxygen atoms in total. The standard InChI is InChI=1S/C22H23N3O3S/c1-15-4-8-17(9-5-15)19-12-23-22(25(19)13-21(27)28-3)29-14-20(26)24-18-10-6-16(2)7-11-18/h4-12H,13-14H2,1-3H3,(H,24,26). The SMILES string of the molecule is COC(=O)Cn1c(-c2ccc(C)cc2)cnc1SCC(=O)Nc1ccc(C)cc1. The van der Waals surface area contributed by atoms with E-state index in [0.717, 1.165) is 28.1 Å². The highest BCUT2D eigenvalue weighted by atomic mass is 32.2. The molecule has 1 amide bonds. The minimum atomic E-state index is -0.373. The van der Waals surface area contributed by atoms with Gasteiger partial charge >= 0.3 is 5.97 Å². The third-order valence-corrected chi connectivity index (χ3v) is 5.34. The van der Waals surface area contributed by atoms with Crippen LogP contribution in [-0.4, -0.2) is 34.3 Å². The monoisotopic (exact) mass is 409 g/mol. The minimum absolute atomic E-state index is 0.0294. The second kappa shape index (κ2) is 9.43. The predicted molar refractivity (Wildman–Crippen MR) is 115 cm³/mol. The summed E-state index contributed by atoms with van der Waals surface area (Å²) in [6, 6.07) is 15.6. The molecule has 1 heterocycles. The number of nitrogens with zero attached hydrogens (tertiary/aromatic N) is 2. The zero-order valence-electron chi connectivity index (χ0n) is 16.6. The molecule has 0 unspecified atom stereocenters. The van der Waals surface area contributed by atoms with Gasteiger partial charge in [0.2, 0.25) is 5.91 Å². The Bertz CT molecular complexity index is 995. The quantitative estimate of drug-likeness (QED) is 0.470. The maximum atomic E-state index is 12.3. The molecule has 2 aromatic carbocycles. The van der Waals surface area contributed by atoms with E-state index in [2.05, 4.69) is 10.3 Å². The number of nitrogens with one attached hydrogen (secondary N) is 1. The summed E-state index contributed by atoms with van der Waals surface area (Å²) in [6.45, 7) is 4.04. The number of rotatable bonds is 7. The van der Waals surface area contributed by atoms with E-state index in [0.29, 0.717) is 5.16 Å². The molecule has 0 saturated heterocycles. The van der Waals surface area contributed by atoms with Crippen LogP contribution < -0.4 is 5.32 Å². The lowest BCUT2D eigenvalue weighted by atomic mass is 10.1. The lowest BCUT2D eigenvalue weighted by Gasteiger charge is -2.11. The molecule has 3 rings (SSSR count). The Hall–Kier alpha value is -3.06. The number of aryl methyl sites for hydroxylation is 2. The second-order valence-electron chi connectivity index (χ2n) is 6.66. The van der Waals surface area contributed by atoms with Crippen LogP contribution in [0, 0.1) is 13.8 Å². The number of hydrogen-bond donors (Lipinski definition) is 1. The number of methoxy groups -OCH3 is 1. The van der Waals surface area contributed by atoms with Crippen LogP contribution in [0.15, 0.2) is 59.9 Å². The lowest BCUT2D eigenvalue weighted by Crippen LogP contribution is -2.16. The van der Waals surface area contributed by atoms with Crippen molar-refractivity contribution in [2.75, 3.05) is 18.2 Å². The Morgan fingerprint density at radius 3 is 2.28 bits per heavy atom. The molecule has 150 valence electrons. The highest BCUT2D eigenvalue weighted by Crippen LogP contribution is 2.27. The Morgan fingerprint density at radius 2 is 1.66 bits per heavy atom. The van der Waals surface area contributed by atoms with Crippen molar-refractivity contribution in [1.82, 2.24) is 9.55 Å². The van der Waals surface area contributed by atoms with Crippen molar-refractivity contribution in [1.29, 1.82) is 0 Å². The van der Waals surface area contributed by atoms with Gasteiger partial charge in [0.1, 0.15) is 6.54 Å². The number of carbonyl (C=O) groups is 2. The number of aromatic nitrogens is 2. The van der Waals surface area contributed by atoms with Crippen molar-refractivity contribution in [3.8, 4) is 11.3 Å². The van der Waals surface area contributed by atoms with E-state index in [1.165, 1.54) is 18.9 Å². The number of carbonyl (C=O) groups excluding carboxylic acids is 2. The first-order valence-electron chi connectivity index (χ1n) is 9.15. The molecule has 0 radical (unpaired) electrons. The van der Waals surface area contributed by atoms with Crippen LogP contribution in [0.1, 0.15) is 11.1 Å². The Morgan fingerprint density at radius 1 is 1.03 bits per heavy atom. The van der Waals surface area contributed by atoms with Gasteiger partial charge in [-0.25, -0.2) is 4.98 Å². The van der Waals surface area contributed by atoms with Gasteiger partial charge in [-0.3, -0.25) is 9.59 Å². The Labute approximate surface area is 174 Å². The Balaban J connectivity index is 1.75. The van der Waals surface area contributed by atoms with Crippen molar-refractivity contribution in [3.63, 3.8) is 0 Å². The topological polar surface area (TPSA) is 73.2 Å². The van der Waals surface area contributed by atoms with Crippen molar-refractivity contribution in [3.05, 3.63) is 65.9 Å². The van der Waals surface area contributed by atoms with Crippen molar-refractivity contribution < 1.29 is 14.3 Å². The molecule has 0 spiro atoms. The number of amides is 1. The summed E-state index contributed by atoms with van der Waals surface area (Å²) < 4.78 is 6.60. The van der Waals surface area contributed by atoms with Crippen LogP contribution in [0.5, 0.6) is 0 Å². The van der Waals surface area contributed by atoms with Crippen LogP contribution in [0.4, 0.5) is 5.69 Å². The molecule has 1 N–H and O–H groups in total. The van der Waals surface area contributed by atoms with E-state index in [-0.39, 0.29) is 24.2 Å². The summed E-state index contributed by atoms with van der Waals surface area (Å²) >= 11 is 1.28. The molecule has 0 fully saturated rings. The molecular weight excluding hydrogens is 386 g/mol. The van der Waals surface area contributed by atoms with E-state index in [4.69, 9.17) is 4.74 Å². The highest BCUT2D eigenvalue weighted by molar-refractivity contribution is 7.99. The number of anilines is 1. The van der Waals surface area contributed by atoms with Crippen LogP contribution in [0.2, 0.25) is 0 Å². The van der Waals surface area contributed by atoms with Gasteiger partial charge in [-0.05, 0) is 31.5 Å². The molecule has 0 aliphatic carbocycles. The fourth-order valence-corrected chi connectivity index (χ4v) is 3.52. The van der Waals surface area contributed by atoms with Gasteiger partial charge in [-0.2, -0.15) is 0 Å². The van der Waals surface area contributed by atoms with E-state index >= 15 is 0 Å². The first-order valence-corrected chi connectivity index (χ1v) is 10.1. The van der Waals surface area contributed by atoms with Gasteiger partial charge in [0.05, 0.1) is 24.8 Å². The Kier molecular flexibility index (Phi) is 6.72. The van der Waals surface area contributed by atoms with Gasteiger partial charge in [-0.15, -0.1) is 0 Å². The molecule has 29 heavy (non-hydrogen) atoms. The van der Waals surface area contributed by atoms with Crippen molar-refractivity contribution in [2.45, 2.75) is 25.5 Å². The average molecular weight is 410 g/mol.